The lowest BCUT2D eigenvalue weighted by Crippen LogP contribution is -2.50. The molecule has 1 aromatic rings. The third-order valence-corrected chi connectivity index (χ3v) is 5.47. The molecular weight excluding hydrogens is 198 g/mol. The van der Waals surface area contributed by atoms with E-state index in [0.717, 1.165) is 0 Å². The molecule has 1 atom stereocenters. The topological polar surface area (TPSA) is 32.6 Å². The summed E-state index contributed by atoms with van der Waals surface area (Å²) in [6, 6.07) is 3.94. The zero-order valence-corrected chi connectivity index (χ0v) is 10.1. The fourth-order valence-corrected chi connectivity index (χ4v) is 3.61. The zero-order chi connectivity index (χ0) is 10.6. The molecule has 0 fully saturated rings. The quantitative estimate of drug-likeness (QED) is 0.697. The summed E-state index contributed by atoms with van der Waals surface area (Å²) in [5, 5.41) is 0. The molecule has 1 rings (SSSR count). The van der Waals surface area contributed by atoms with Crippen molar-refractivity contribution in [1.82, 2.24) is 4.57 Å². The first-order chi connectivity index (χ1) is 6.70. The van der Waals surface area contributed by atoms with Crippen LogP contribution in [0.25, 0.3) is 0 Å². The third-order valence-electron chi connectivity index (χ3n) is 2.44. The van der Waals surface area contributed by atoms with Gasteiger partial charge in [0.2, 0.25) is 0 Å². The van der Waals surface area contributed by atoms with Gasteiger partial charge in [-0.15, -0.1) is 0 Å². The Morgan fingerprint density at radius 1 is 1.00 bits per heavy atom. The van der Waals surface area contributed by atoms with Crippen LogP contribution in [0, 0.1) is 0 Å². The van der Waals surface area contributed by atoms with Crippen molar-refractivity contribution in [3.8, 4) is 0 Å². The lowest BCUT2D eigenvalue weighted by molar-refractivity contribution is 0.105. The molecule has 1 heterocycles. The summed E-state index contributed by atoms with van der Waals surface area (Å²) in [5.74, 6) is 0. The molecule has 80 valence electrons. The van der Waals surface area contributed by atoms with Crippen LogP contribution in [0.1, 0.15) is 12.6 Å². The van der Waals surface area contributed by atoms with Gasteiger partial charge in [0.25, 0.3) is 0 Å². The number of rotatable bonds is 5. The van der Waals surface area contributed by atoms with E-state index in [-0.39, 0.29) is 5.67 Å². The average molecular weight is 215 g/mol. The molecule has 5 heteroatoms. The van der Waals surface area contributed by atoms with E-state index in [1.54, 1.807) is 21.3 Å². The minimum absolute atomic E-state index is 0.0810. The van der Waals surface area contributed by atoms with Gasteiger partial charge in [-0.1, -0.05) is 0 Å². The molecular formula is C9H17NO3Si. The predicted octanol–water partition coefficient (Wildman–Crippen LogP) is 1.47. The van der Waals surface area contributed by atoms with E-state index in [1.165, 1.54) is 0 Å². The summed E-state index contributed by atoms with van der Waals surface area (Å²) in [4.78, 5) is 0. The van der Waals surface area contributed by atoms with Crippen molar-refractivity contribution in [2.75, 3.05) is 21.3 Å². The summed E-state index contributed by atoms with van der Waals surface area (Å²) in [6.45, 7) is 2.03. The van der Waals surface area contributed by atoms with Crippen molar-refractivity contribution in [1.29, 1.82) is 0 Å². The van der Waals surface area contributed by atoms with Gasteiger partial charge < -0.3 is 17.8 Å². The molecule has 0 aliphatic rings. The minimum atomic E-state index is -2.56. The molecule has 1 aromatic heterocycles. The highest BCUT2D eigenvalue weighted by Crippen LogP contribution is 2.22. The Morgan fingerprint density at radius 3 is 1.79 bits per heavy atom. The van der Waals surface area contributed by atoms with E-state index in [1.807, 2.05) is 36.0 Å². The molecule has 0 aliphatic carbocycles. The van der Waals surface area contributed by atoms with E-state index in [9.17, 15) is 0 Å². The molecule has 0 aliphatic heterocycles. The van der Waals surface area contributed by atoms with Crippen LogP contribution in [0.2, 0.25) is 0 Å². The Kier molecular flexibility index (Phi) is 3.88. The van der Waals surface area contributed by atoms with E-state index < -0.39 is 8.80 Å². The van der Waals surface area contributed by atoms with E-state index in [4.69, 9.17) is 13.3 Å². The second-order valence-electron chi connectivity index (χ2n) is 3.02. The van der Waals surface area contributed by atoms with Gasteiger partial charge in [-0.2, -0.15) is 0 Å². The van der Waals surface area contributed by atoms with E-state index in [0.29, 0.717) is 0 Å². The predicted molar refractivity (Wildman–Crippen MR) is 55.9 cm³/mol. The van der Waals surface area contributed by atoms with Crippen molar-refractivity contribution in [2.45, 2.75) is 12.6 Å². The molecule has 0 saturated heterocycles. The van der Waals surface area contributed by atoms with Gasteiger partial charge in [-0.25, -0.2) is 0 Å². The maximum absolute atomic E-state index is 5.40. The van der Waals surface area contributed by atoms with Crippen LogP contribution in [0.15, 0.2) is 24.5 Å². The van der Waals surface area contributed by atoms with Crippen molar-refractivity contribution < 1.29 is 13.3 Å². The summed E-state index contributed by atoms with van der Waals surface area (Å²) in [7, 11) is 2.31. The van der Waals surface area contributed by atoms with Crippen molar-refractivity contribution in [3.05, 3.63) is 24.5 Å². The monoisotopic (exact) mass is 215 g/mol. The summed E-state index contributed by atoms with van der Waals surface area (Å²) in [5.41, 5.74) is 0.0810. The zero-order valence-electron chi connectivity index (χ0n) is 9.06. The van der Waals surface area contributed by atoms with Crippen molar-refractivity contribution in [2.24, 2.45) is 0 Å². The second kappa shape index (κ2) is 4.74. The molecule has 0 amide bonds. The molecule has 14 heavy (non-hydrogen) atoms. The van der Waals surface area contributed by atoms with Gasteiger partial charge in [0.1, 0.15) is 5.67 Å². The Hall–Kier alpha value is -0.623. The lowest BCUT2D eigenvalue weighted by atomic mass is 10.7. The number of hydrogen-bond donors (Lipinski definition) is 0. The standard InChI is InChI=1S/C9H17NO3Si/c1-9(10-7-5-6-8-10)14(11-2,12-3)13-4/h5-9H,1-4H3. The van der Waals surface area contributed by atoms with Gasteiger partial charge >= 0.3 is 8.80 Å². The highest BCUT2D eigenvalue weighted by atomic mass is 28.4. The highest BCUT2D eigenvalue weighted by Gasteiger charge is 2.45. The number of hydrogen-bond acceptors (Lipinski definition) is 3. The van der Waals surface area contributed by atoms with Gasteiger partial charge in [0.15, 0.2) is 0 Å². The van der Waals surface area contributed by atoms with Crippen LogP contribution in [-0.2, 0) is 13.3 Å². The fraction of sp³-hybridized carbons (Fsp3) is 0.556. The molecule has 4 nitrogen and oxygen atoms in total. The molecule has 0 aromatic carbocycles. The largest absolute Gasteiger partial charge is 0.523 e. The molecule has 0 radical (unpaired) electrons. The molecule has 0 spiro atoms. The molecule has 0 saturated carbocycles. The van der Waals surface area contributed by atoms with Crippen LogP contribution < -0.4 is 0 Å². The average Bonchev–Trinajstić information content (AvgIpc) is 2.74. The lowest BCUT2D eigenvalue weighted by Gasteiger charge is -2.30. The van der Waals surface area contributed by atoms with Gasteiger partial charge in [-0.05, 0) is 19.1 Å². The van der Waals surface area contributed by atoms with Gasteiger partial charge in [-0.3, -0.25) is 0 Å². The Labute approximate surface area is 85.8 Å². The number of aromatic nitrogens is 1. The summed E-state index contributed by atoms with van der Waals surface area (Å²) in [6.07, 6.45) is 3.95. The Morgan fingerprint density at radius 2 is 1.43 bits per heavy atom. The third kappa shape index (κ3) is 1.90. The van der Waals surface area contributed by atoms with Crippen LogP contribution in [0.5, 0.6) is 0 Å². The first kappa shape index (κ1) is 11.5. The first-order valence-electron chi connectivity index (χ1n) is 4.48. The Bertz CT molecular complexity index is 251. The minimum Gasteiger partial charge on any atom is -0.376 e. The van der Waals surface area contributed by atoms with E-state index in [2.05, 4.69) is 0 Å². The SMILES string of the molecule is CO[Si](OC)(OC)C(C)n1cccc1. The van der Waals surface area contributed by atoms with Crippen LogP contribution in [-0.4, -0.2) is 34.7 Å². The first-order valence-corrected chi connectivity index (χ1v) is 6.28. The second-order valence-corrected chi connectivity index (χ2v) is 6.29. The normalized spacial score (nSPS) is 14.3. The molecule has 0 N–H and O–H groups in total. The van der Waals surface area contributed by atoms with E-state index >= 15 is 0 Å². The smallest absolute Gasteiger partial charge is 0.376 e. The highest BCUT2D eigenvalue weighted by molar-refractivity contribution is 6.61. The summed E-state index contributed by atoms with van der Waals surface area (Å²) < 4.78 is 18.2. The Balaban J connectivity index is 2.89. The van der Waals surface area contributed by atoms with Crippen LogP contribution in [0.3, 0.4) is 0 Å². The molecule has 1 unspecified atom stereocenters. The molecule has 0 bridgehead atoms. The van der Waals surface area contributed by atoms with Crippen molar-refractivity contribution >= 4 is 8.80 Å². The van der Waals surface area contributed by atoms with Crippen LogP contribution >= 0.6 is 0 Å². The summed E-state index contributed by atoms with van der Waals surface area (Å²) >= 11 is 0. The van der Waals surface area contributed by atoms with Crippen LogP contribution in [0.4, 0.5) is 0 Å². The van der Waals surface area contributed by atoms with Crippen molar-refractivity contribution in [3.63, 3.8) is 0 Å². The number of nitrogens with zero attached hydrogens (tertiary/aromatic N) is 1. The van der Waals surface area contributed by atoms with Gasteiger partial charge in [0, 0.05) is 33.7 Å². The maximum atomic E-state index is 5.40. The fourth-order valence-electron chi connectivity index (χ4n) is 1.55. The maximum Gasteiger partial charge on any atom is 0.523 e. The van der Waals surface area contributed by atoms with Gasteiger partial charge in [0.05, 0.1) is 0 Å².